The number of amides is 1. The van der Waals surface area contributed by atoms with E-state index in [-0.39, 0.29) is 4.91 Å². The molecule has 0 aromatic heterocycles. The average molecular weight is 389 g/mol. The smallest absolute Gasteiger partial charge is 0.331 e. The van der Waals surface area contributed by atoms with Crippen LogP contribution in [0.15, 0.2) is 45.4 Å². The molecule has 1 aliphatic rings. The van der Waals surface area contributed by atoms with Crippen molar-refractivity contribution < 1.29 is 19.1 Å². The van der Waals surface area contributed by atoms with E-state index in [2.05, 4.69) is 27.2 Å². The van der Waals surface area contributed by atoms with Crippen LogP contribution in [0.3, 0.4) is 0 Å². The van der Waals surface area contributed by atoms with Gasteiger partial charge in [0.05, 0.1) is 24.8 Å². The molecule has 1 amide bonds. The molecule has 1 aromatic rings. The van der Waals surface area contributed by atoms with Crippen LogP contribution in [-0.2, 0) is 25.7 Å². The first-order chi connectivity index (χ1) is 13.1. The molecule has 1 aromatic carbocycles. The number of hydrogen-bond donors (Lipinski definition) is 1. The normalized spacial score (nSPS) is 17.0. The molecule has 1 saturated heterocycles. The van der Waals surface area contributed by atoms with Gasteiger partial charge in [0, 0.05) is 18.2 Å². The van der Waals surface area contributed by atoms with Crippen LogP contribution in [-0.4, -0.2) is 37.0 Å². The number of rotatable bonds is 9. The maximum atomic E-state index is 11.8. The van der Waals surface area contributed by atoms with Crippen molar-refractivity contribution in [3.63, 3.8) is 0 Å². The van der Waals surface area contributed by atoms with E-state index in [4.69, 9.17) is 4.74 Å². The van der Waals surface area contributed by atoms with Crippen LogP contribution in [0, 0.1) is 0 Å². The van der Waals surface area contributed by atoms with Gasteiger partial charge in [-0.2, -0.15) is 5.10 Å². The van der Waals surface area contributed by atoms with Crippen LogP contribution in [0.5, 0.6) is 0 Å². The predicted molar refractivity (Wildman–Crippen MR) is 106 cm³/mol. The first-order valence-corrected chi connectivity index (χ1v) is 9.51. The van der Waals surface area contributed by atoms with Crippen molar-refractivity contribution in [1.82, 2.24) is 5.32 Å². The molecule has 8 heteroatoms. The highest BCUT2D eigenvalue weighted by molar-refractivity contribution is 8.18. The van der Waals surface area contributed by atoms with Gasteiger partial charge in [-0.15, -0.1) is 5.10 Å². The van der Waals surface area contributed by atoms with Crippen molar-refractivity contribution in [1.29, 1.82) is 0 Å². The summed E-state index contributed by atoms with van der Waals surface area (Å²) in [7, 11) is 1.25. The second-order valence-corrected chi connectivity index (χ2v) is 6.73. The van der Waals surface area contributed by atoms with E-state index in [1.54, 1.807) is 6.21 Å². The fourth-order valence-corrected chi connectivity index (χ4v) is 2.95. The third-order valence-electron chi connectivity index (χ3n) is 3.65. The zero-order valence-corrected chi connectivity index (χ0v) is 16.3. The quantitative estimate of drug-likeness (QED) is 0.231. The number of carbonyl (C=O) groups is 2. The molecule has 0 aliphatic carbocycles. The van der Waals surface area contributed by atoms with E-state index in [0.717, 1.165) is 54.8 Å². The Labute approximate surface area is 162 Å². The Hall–Kier alpha value is -2.45. The fourth-order valence-electron chi connectivity index (χ4n) is 2.21. The van der Waals surface area contributed by atoms with Crippen molar-refractivity contribution in [3.05, 3.63) is 46.4 Å². The van der Waals surface area contributed by atoms with E-state index in [0.29, 0.717) is 11.8 Å². The molecule has 1 heterocycles. The summed E-state index contributed by atoms with van der Waals surface area (Å²) in [5, 5.41) is 10.9. The summed E-state index contributed by atoms with van der Waals surface area (Å²) >= 11 is 1.03. The average Bonchev–Trinajstić information content (AvgIpc) is 3.01. The van der Waals surface area contributed by atoms with Gasteiger partial charge in [-0.1, -0.05) is 44.0 Å². The second kappa shape index (κ2) is 11.3. The van der Waals surface area contributed by atoms with Gasteiger partial charge >= 0.3 is 5.97 Å². The Morgan fingerprint density at radius 1 is 1.30 bits per heavy atom. The lowest BCUT2D eigenvalue weighted by Crippen LogP contribution is -2.19. The number of hydrogen-bond acceptors (Lipinski definition) is 7. The number of nitrogens with one attached hydrogen (secondary N) is 1. The third-order valence-corrected chi connectivity index (χ3v) is 4.55. The lowest BCUT2D eigenvalue weighted by Gasteiger charge is -2.06. The van der Waals surface area contributed by atoms with E-state index in [9.17, 15) is 9.59 Å². The summed E-state index contributed by atoms with van der Waals surface area (Å²) < 4.78 is 10.2. The van der Waals surface area contributed by atoms with E-state index in [1.165, 1.54) is 7.11 Å². The molecule has 144 valence electrons. The minimum atomic E-state index is -0.592. The lowest BCUT2D eigenvalue weighted by molar-refractivity contribution is -0.135. The molecule has 1 fully saturated rings. The third kappa shape index (κ3) is 6.99. The van der Waals surface area contributed by atoms with Gasteiger partial charge in [-0.25, -0.2) is 4.79 Å². The molecule has 7 nitrogen and oxygen atoms in total. The van der Waals surface area contributed by atoms with Crippen molar-refractivity contribution >= 4 is 35.0 Å². The molecule has 0 unspecified atom stereocenters. The SMILES string of the molecule is CCCCCOCc1ccccc1C=N/N=C1/NC(=O)/C(=C\C(=O)OC)S1. The van der Waals surface area contributed by atoms with E-state index in [1.807, 2.05) is 24.3 Å². The number of esters is 1. The first kappa shape index (κ1) is 20.9. The summed E-state index contributed by atoms with van der Waals surface area (Å²) in [6.07, 6.45) is 6.12. The molecule has 27 heavy (non-hydrogen) atoms. The lowest BCUT2D eigenvalue weighted by atomic mass is 10.1. The molecule has 0 saturated carbocycles. The van der Waals surface area contributed by atoms with Crippen LogP contribution < -0.4 is 5.32 Å². The Balaban J connectivity index is 1.96. The van der Waals surface area contributed by atoms with Gasteiger partial charge in [0.2, 0.25) is 0 Å². The van der Waals surface area contributed by atoms with Crippen LogP contribution in [0.25, 0.3) is 0 Å². The monoisotopic (exact) mass is 389 g/mol. The van der Waals surface area contributed by atoms with Crippen molar-refractivity contribution in [2.75, 3.05) is 13.7 Å². The molecule has 0 atom stereocenters. The van der Waals surface area contributed by atoms with Crippen molar-refractivity contribution in [3.8, 4) is 0 Å². The minimum absolute atomic E-state index is 0.219. The number of unbranched alkanes of at least 4 members (excludes halogenated alkanes) is 2. The zero-order valence-electron chi connectivity index (χ0n) is 15.4. The summed E-state index contributed by atoms with van der Waals surface area (Å²) in [6, 6.07) is 7.78. The number of benzene rings is 1. The van der Waals surface area contributed by atoms with Crippen LogP contribution in [0.1, 0.15) is 37.3 Å². The van der Waals surface area contributed by atoms with E-state index < -0.39 is 11.9 Å². The van der Waals surface area contributed by atoms with Gasteiger partial charge < -0.3 is 9.47 Å². The number of ether oxygens (including phenoxy) is 2. The summed E-state index contributed by atoms with van der Waals surface area (Å²) in [5.41, 5.74) is 1.92. The number of amidine groups is 1. The van der Waals surface area contributed by atoms with Crippen LogP contribution in [0.4, 0.5) is 0 Å². The first-order valence-electron chi connectivity index (χ1n) is 8.69. The highest BCUT2D eigenvalue weighted by atomic mass is 32.2. The Morgan fingerprint density at radius 3 is 2.89 bits per heavy atom. The standard InChI is InChI=1S/C19H23N3O4S/c1-3-4-7-10-26-13-15-9-6-5-8-14(15)12-20-22-19-21-18(24)16(27-19)11-17(23)25-2/h5-6,8-9,11-12H,3-4,7,10,13H2,1-2H3,(H,21,22,24)/b16-11+,20-12?. The molecule has 1 N–H and O–H groups in total. The molecule has 1 aliphatic heterocycles. The van der Waals surface area contributed by atoms with Gasteiger partial charge in [0.1, 0.15) is 0 Å². The van der Waals surface area contributed by atoms with Gasteiger partial charge in [-0.3, -0.25) is 10.1 Å². The Kier molecular flexibility index (Phi) is 8.73. The highest BCUT2D eigenvalue weighted by Gasteiger charge is 2.24. The maximum Gasteiger partial charge on any atom is 0.331 e. The predicted octanol–water partition coefficient (Wildman–Crippen LogP) is 3.00. The van der Waals surface area contributed by atoms with Crippen molar-refractivity contribution in [2.45, 2.75) is 32.8 Å². The Bertz CT molecular complexity index is 759. The van der Waals surface area contributed by atoms with Gasteiger partial charge in [-0.05, 0) is 23.7 Å². The summed E-state index contributed by atoms with van der Waals surface area (Å²) in [6.45, 7) is 3.41. The maximum absolute atomic E-state index is 11.8. The minimum Gasteiger partial charge on any atom is -0.466 e. The molecular weight excluding hydrogens is 366 g/mol. The molecule has 0 radical (unpaired) electrons. The number of methoxy groups -OCH3 is 1. The highest BCUT2D eigenvalue weighted by Crippen LogP contribution is 2.23. The summed E-state index contributed by atoms with van der Waals surface area (Å²) in [4.78, 5) is 23.2. The van der Waals surface area contributed by atoms with Crippen molar-refractivity contribution in [2.24, 2.45) is 10.2 Å². The zero-order chi connectivity index (χ0) is 19.5. The Morgan fingerprint density at radius 2 is 2.11 bits per heavy atom. The van der Waals surface area contributed by atoms with Crippen LogP contribution >= 0.6 is 11.8 Å². The number of thioether (sulfide) groups is 1. The van der Waals surface area contributed by atoms with E-state index >= 15 is 0 Å². The topological polar surface area (TPSA) is 89.4 Å². The molecule has 0 bridgehead atoms. The fraction of sp³-hybridized carbons (Fsp3) is 0.368. The van der Waals surface area contributed by atoms with Crippen LogP contribution in [0.2, 0.25) is 0 Å². The number of carbonyl (C=O) groups excluding carboxylic acids is 2. The number of nitrogens with zero attached hydrogens (tertiary/aromatic N) is 2. The second-order valence-electron chi connectivity index (χ2n) is 5.70. The van der Waals surface area contributed by atoms with Gasteiger partial charge in [0.15, 0.2) is 5.17 Å². The largest absolute Gasteiger partial charge is 0.466 e. The molecular formula is C19H23N3O4S. The molecule has 0 spiro atoms. The summed E-state index contributed by atoms with van der Waals surface area (Å²) in [5.74, 6) is -0.995. The van der Waals surface area contributed by atoms with Gasteiger partial charge in [0.25, 0.3) is 5.91 Å². The molecule has 2 rings (SSSR count).